The van der Waals surface area contributed by atoms with Crippen molar-refractivity contribution in [3.8, 4) is 5.75 Å². The molecule has 4 nitrogen and oxygen atoms in total. The van der Waals surface area contributed by atoms with E-state index in [1.54, 1.807) is 17.0 Å². The molecule has 0 saturated carbocycles. The molecule has 5 heteroatoms. The summed E-state index contributed by atoms with van der Waals surface area (Å²) in [6, 6.07) is 5.77. The molecule has 0 radical (unpaired) electrons. The summed E-state index contributed by atoms with van der Waals surface area (Å²) in [4.78, 5) is 13.7. The van der Waals surface area contributed by atoms with E-state index in [0.717, 1.165) is 0 Å². The Morgan fingerprint density at radius 2 is 2.21 bits per heavy atom. The molecule has 0 aromatic heterocycles. The minimum atomic E-state index is -0.300. The van der Waals surface area contributed by atoms with Crippen molar-refractivity contribution in [2.45, 2.75) is 19.4 Å². The van der Waals surface area contributed by atoms with E-state index in [-0.39, 0.29) is 17.8 Å². The molecule has 1 heterocycles. The van der Waals surface area contributed by atoms with Crippen LogP contribution in [0.5, 0.6) is 5.75 Å². The van der Waals surface area contributed by atoms with Gasteiger partial charge in [-0.3, -0.25) is 4.79 Å². The third kappa shape index (κ3) is 4.21. The Morgan fingerprint density at radius 3 is 2.89 bits per heavy atom. The average molecular weight is 267 g/mol. The predicted octanol–water partition coefficient (Wildman–Crippen LogP) is 1.84. The lowest BCUT2D eigenvalue weighted by atomic mass is 10.2. The Labute approximate surface area is 112 Å². The van der Waals surface area contributed by atoms with Crippen LogP contribution in [0.3, 0.4) is 0 Å². The molecule has 1 aliphatic heterocycles. The summed E-state index contributed by atoms with van der Waals surface area (Å²) in [6.45, 7) is 4.12. The molecule has 1 amide bonds. The minimum Gasteiger partial charge on any atom is -0.493 e. The van der Waals surface area contributed by atoms with Crippen LogP contribution in [0.2, 0.25) is 0 Å². The topological polar surface area (TPSA) is 38.8 Å². The van der Waals surface area contributed by atoms with E-state index in [1.165, 1.54) is 12.1 Å². The fraction of sp³-hybridized carbons (Fsp3) is 0.500. The minimum absolute atomic E-state index is 0.0669. The van der Waals surface area contributed by atoms with Gasteiger partial charge in [0.05, 0.1) is 25.7 Å². The van der Waals surface area contributed by atoms with Crippen LogP contribution in [-0.2, 0) is 9.53 Å². The molecule has 0 aliphatic carbocycles. The van der Waals surface area contributed by atoms with Crippen molar-refractivity contribution in [2.24, 2.45) is 0 Å². The lowest BCUT2D eigenvalue weighted by molar-refractivity contribution is -0.138. The van der Waals surface area contributed by atoms with Crippen molar-refractivity contribution >= 4 is 5.91 Å². The van der Waals surface area contributed by atoms with Crippen molar-refractivity contribution in [3.05, 3.63) is 30.1 Å². The molecule has 1 aliphatic rings. The Morgan fingerprint density at radius 1 is 1.47 bits per heavy atom. The van der Waals surface area contributed by atoms with Gasteiger partial charge in [0, 0.05) is 13.1 Å². The van der Waals surface area contributed by atoms with Gasteiger partial charge in [-0.2, -0.15) is 0 Å². The van der Waals surface area contributed by atoms with E-state index < -0.39 is 0 Å². The molecule has 2 rings (SSSR count). The van der Waals surface area contributed by atoms with Crippen LogP contribution >= 0.6 is 0 Å². The lowest BCUT2D eigenvalue weighted by Gasteiger charge is -2.31. The highest BCUT2D eigenvalue weighted by Crippen LogP contribution is 2.12. The first-order chi connectivity index (χ1) is 9.15. The van der Waals surface area contributed by atoms with E-state index in [4.69, 9.17) is 9.47 Å². The number of carbonyl (C=O) groups excluding carboxylic acids is 1. The second-order valence-corrected chi connectivity index (χ2v) is 4.57. The fourth-order valence-corrected chi connectivity index (χ4v) is 1.99. The fourth-order valence-electron chi connectivity index (χ4n) is 1.99. The van der Waals surface area contributed by atoms with Gasteiger partial charge in [0.2, 0.25) is 5.91 Å². The largest absolute Gasteiger partial charge is 0.493 e. The molecule has 1 aromatic carbocycles. The number of nitrogens with zero attached hydrogens (tertiary/aromatic N) is 1. The van der Waals surface area contributed by atoms with Gasteiger partial charge in [-0.05, 0) is 31.2 Å². The van der Waals surface area contributed by atoms with Crippen LogP contribution in [-0.4, -0.2) is 43.2 Å². The molecule has 104 valence electrons. The van der Waals surface area contributed by atoms with Crippen molar-refractivity contribution in [1.29, 1.82) is 0 Å². The second-order valence-electron chi connectivity index (χ2n) is 4.57. The zero-order chi connectivity index (χ0) is 13.7. The summed E-state index contributed by atoms with van der Waals surface area (Å²) in [6.07, 6.45) is 0.417. The number of benzene rings is 1. The smallest absolute Gasteiger partial charge is 0.226 e. The van der Waals surface area contributed by atoms with E-state index >= 15 is 0 Å². The number of hydrogen-bond donors (Lipinski definition) is 0. The van der Waals surface area contributed by atoms with Crippen molar-refractivity contribution in [3.63, 3.8) is 0 Å². The van der Waals surface area contributed by atoms with Crippen LogP contribution in [0, 0.1) is 5.82 Å². The third-order valence-electron chi connectivity index (χ3n) is 2.99. The van der Waals surface area contributed by atoms with Gasteiger partial charge in [0.15, 0.2) is 0 Å². The number of carbonyl (C=O) groups is 1. The monoisotopic (exact) mass is 267 g/mol. The van der Waals surface area contributed by atoms with Gasteiger partial charge in [0.25, 0.3) is 0 Å². The second kappa shape index (κ2) is 6.52. The molecule has 1 atom stereocenters. The van der Waals surface area contributed by atoms with Crippen LogP contribution in [0.1, 0.15) is 13.3 Å². The highest BCUT2D eigenvalue weighted by atomic mass is 19.1. The quantitative estimate of drug-likeness (QED) is 0.835. The maximum Gasteiger partial charge on any atom is 0.226 e. The first-order valence-electron chi connectivity index (χ1n) is 6.43. The van der Waals surface area contributed by atoms with Gasteiger partial charge in [-0.1, -0.05) is 0 Å². The number of halogens is 1. The molecular formula is C14H18FNO3. The average Bonchev–Trinajstić information content (AvgIpc) is 2.41. The lowest BCUT2D eigenvalue weighted by Crippen LogP contribution is -2.44. The SMILES string of the molecule is C[C@@H]1CN(C(=O)CCOc2ccc(F)cc2)CCO1. The van der Waals surface area contributed by atoms with E-state index in [1.807, 2.05) is 6.92 Å². The Bertz CT molecular complexity index is 421. The molecule has 0 unspecified atom stereocenters. The van der Waals surface area contributed by atoms with Crippen molar-refractivity contribution in [2.75, 3.05) is 26.3 Å². The summed E-state index contributed by atoms with van der Waals surface area (Å²) < 4.78 is 23.5. The molecule has 0 spiro atoms. The van der Waals surface area contributed by atoms with Crippen LogP contribution in [0.25, 0.3) is 0 Å². The standard InChI is InChI=1S/C14H18FNO3/c1-11-10-16(7-9-18-11)14(17)6-8-19-13-4-2-12(15)3-5-13/h2-5,11H,6-10H2,1H3/t11-/m1/s1. The highest BCUT2D eigenvalue weighted by Gasteiger charge is 2.20. The van der Waals surface area contributed by atoms with E-state index in [0.29, 0.717) is 38.5 Å². The first-order valence-corrected chi connectivity index (χ1v) is 6.43. The van der Waals surface area contributed by atoms with Gasteiger partial charge < -0.3 is 14.4 Å². The summed E-state index contributed by atoms with van der Waals surface area (Å²) in [5.41, 5.74) is 0. The molecular weight excluding hydrogens is 249 g/mol. The molecule has 1 saturated heterocycles. The van der Waals surface area contributed by atoms with E-state index in [2.05, 4.69) is 0 Å². The van der Waals surface area contributed by atoms with Crippen LogP contribution < -0.4 is 4.74 Å². The van der Waals surface area contributed by atoms with Gasteiger partial charge >= 0.3 is 0 Å². The summed E-state index contributed by atoms with van der Waals surface area (Å²) in [5, 5.41) is 0. The summed E-state index contributed by atoms with van der Waals surface area (Å²) in [7, 11) is 0. The van der Waals surface area contributed by atoms with Crippen LogP contribution in [0.15, 0.2) is 24.3 Å². The predicted molar refractivity (Wildman–Crippen MR) is 68.5 cm³/mol. The molecule has 1 fully saturated rings. The number of ether oxygens (including phenoxy) is 2. The van der Waals surface area contributed by atoms with Gasteiger partial charge in [-0.25, -0.2) is 4.39 Å². The molecule has 1 aromatic rings. The van der Waals surface area contributed by atoms with Gasteiger partial charge in [-0.15, -0.1) is 0 Å². The zero-order valence-corrected chi connectivity index (χ0v) is 11.0. The summed E-state index contributed by atoms with van der Waals surface area (Å²) in [5.74, 6) is 0.340. The van der Waals surface area contributed by atoms with Crippen LogP contribution in [0.4, 0.5) is 4.39 Å². The Kier molecular flexibility index (Phi) is 4.74. The highest BCUT2D eigenvalue weighted by molar-refractivity contribution is 5.76. The molecule has 0 bridgehead atoms. The number of rotatable bonds is 4. The van der Waals surface area contributed by atoms with E-state index in [9.17, 15) is 9.18 Å². The number of morpholine rings is 1. The van der Waals surface area contributed by atoms with Gasteiger partial charge in [0.1, 0.15) is 11.6 Å². The molecule has 19 heavy (non-hydrogen) atoms. The summed E-state index contributed by atoms with van der Waals surface area (Å²) >= 11 is 0. The molecule has 0 N–H and O–H groups in total. The zero-order valence-electron chi connectivity index (χ0n) is 11.0. The third-order valence-corrected chi connectivity index (χ3v) is 2.99. The Balaban J connectivity index is 1.73. The maximum absolute atomic E-state index is 12.7. The number of amides is 1. The van der Waals surface area contributed by atoms with Crippen molar-refractivity contribution < 1.29 is 18.7 Å². The number of hydrogen-bond acceptors (Lipinski definition) is 3. The van der Waals surface area contributed by atoms with Crippen molar-refractivity contribution in [1.82, 2.24) is 4.90 Å². The first kappa shape index (κ1) is 13.8. The Hall–Kier alpha value is -1.62. The normalized spacial score (nSPS) is 19.3. The maximum atomic E-state index is 12.7.